The van der Waals surface area contributed by atoms with Crippen LogP contribution in [0, 0.1) is 5.92 Å². The minimum atomic E-state index is 0.0110. The van der Waals surface area contributed by atoms with Gasteiger partial charge in [0.15, 0.2) is 0 Å². The highest BCUT2D eigenvalue weighted by Crippen LogP contribution is 2.20. The summed E-state index contributed by atoms with van der Waals surface area (Å²) in [5.74, 6) is 0.860. The van der Waals surface area contributed by atoms with Gasteiger partial charge in [-0.2, -0.15) is 0 Å². The number of aromatic nitrogens is 2. The highest BCUT2D eigenvalue weighted by molar-refractivity contribution is 7.16. The maximum absolute atomic E-state index is 12.0. The van der Waals surface area contributed by atoms with Gasteiger partial charge in [-0.3, -0.25) is 4.79 Å². The number of nitrogens with zero attached hydrogens (tertiary/aromatic N) is 2. The number of nitrogens with one attached hydrogen (secondary N) is 1. The Balaban J connectivity index is 1.98. The summed E-state index contributed by atoms with van der Waals surface area (Å²) >= 11 is 1.36. The third-order valence-corrected chi connectivity index (χ3v) is 4.37. The third kappa shape index (κ3) is 4.89. The number of benzene rings is 1. The Morgan fingerprint density at radius 1 is 1.22 bits per heavy atom. The fraction of sp³-hybridized carbons (Fsp3) is 0.353. The van der Waals surface area contributed by atoms with Crippen LogP contribution >= 0.6 is 11.3 Å². The maximum atomic E-state index is 12.0. The molecule has 23 heavy (non-hydrogen) atoms. The first-order valence-electron chi connectivity index (χ1n) is 7.62. The zero-order chi connectivity index (χ0) is 16.7. The Hall–Kier alpha value is -2.21. The molecule has 0 fully saturated rings. The summed E-state index contributed by atoms with van der Waals surface area (Å²) in [4.78, 5) is 12.0. The van der Waals surface area contributed by atoms with Crippen LogP contribution in [-0.2, 0) is 4.79 Å². The lowest BCUT2D eigenvalue weighted by atomic mass is 10.0. The molecule has 6 heteroatoms. The molecular formula is C17H21N3O2S. The summed E-state index contributed by atoms with van der Waals surface area (Å²) in [5, 5.41) is 12.2. The van der Waals surface area contributed by atoms with E-state index >= 15 is 0 Å². The second-order valence-electron chi connectivity index (χ2n) is 5.05. The van der Waals surface area contributed by atoms with Crippen molar-refractivity contribution < 1.29 is 9.53 Å². The second kappa shape index (κ2) is 8.43. The number of amides is 1. The molecule has 1 aromatic carbocycles. The Morgan fingerprint density at radius 3 is 2.52 bits per heavy atom. The van der Waals surface area contributed by atoms with Crippen molar-refractivity contribution in [3.8, 4) is 5.75 Å². The largest absolute Gasteiger partial charge is 0.497 e. The van der Waals surface area contributed by atoms with Crippen molar-refractivity contribution in [2.75, 3.05) is 12.4 Å². The molecule has 0 saturated heterocycles. The molecule has 0 radical (unpaired) electrons. The number of hydrogen-bond acceptors (Lipinski definition) is 5. The number of rotatable bonds is 7. The van der Waals surface area contributed by atoms with Crippen LogP contribution in [0.15, 0.2) is 24.3 Å². The van der Waals surface area contributed by atoms with Gasteiger partial charge >= 0.3 is 0 Å². The number of carbonyl (C=O) groups is 1. The Morgan fingerprint density at radius 2 is 1.91 bits per heavy atom. The standard InChI is InChI=1S/C17H21N3O2S/c1-4-13(5-2)16(21)18-17-20-19-15(23-17)11-8-12-6-9-14(22-3)10-7-12/h6-11,13H,4-5H2,1-3H3,(H,18,20,21). The van der Waals surface area contributed by atoms with Crippen molar-refractivity contribution in [1.82, 2.24) is 10.2 Å². The highest BCUT2D eigenvalue weighted by Gasteiger charge is 2.15. The van der Waals surface area contributed by atoms with Crippen LogP contribution in [0.5, 0.6) is 5.75 Å². The molecule has 0 saturated carbocycles. The minimum absolute atomic E-state index is 0.0110. The summed E-state index contributed by atoms with van der Waals surface area (Å²) in [6, 6.07) is 7.74. The van der Waals surface area contributed by atoms with E-state index in [9.17, 15) is 4.79 Å². The fourth-order valence-electron chi connectivity index (χ4n) is 2.10. The molecule has 0 bridgehead atoms. The minimum Gasteiger partial charge on any atom is -0.497 e. The van der Waals surface area contributed by atoms with Gasteiger partial charge in [0.1, 0.15) is 10.8 Å². The van der Waals surface area contributed by atoms with E-state index in [-0.39, 0.29) is 11.8 Å². The van der Waals surface area contributed by atoms with E-state index in [1.165, 1.54) is 11.3 Å². The molecule has 2 rings (SSSR count). The van der Waals surface area contributed by atoms with Crippen molar-refractivity contribution in [3.63, 3.8) is 0 Å². The van der Waals surface area contributed by atoms with E-state index in [0.29, 0.717) is 5.13 Å². The molecule has 0 aliphatic heterocycles. The van der Waals surface area contributed by atoms with Crippen LogP contribution in [0.2, 0.25) is 0 Å². The van der Waals surface area contributed by atoms with E-state index in [2.05, 4.69) is 15.5 Å². The molecule has 122 valence electrons. The van der Waals surface area contributed by atoms with E-state index in [1.807, 2.05) is 50.3 Å². The molecule has 1 amide bonds. The van der Waals surface area contributed by atoms with Crippen LogP contribution < -0.4 is 10.1 Å². The van der Waals surface area contributed by atoms with Gasteiger partial charge in [0.2, 0.25) is 11.0 Å². The van der Waals surface area contributed by atoms with Crippen LogP contribution in [0.25, 0.3) is 12.2 Å². The van der Waals surface area contributed by atoms with Gasteiger partial charge in [-0.15, -0.1) is 10.2 Å². The zero-order valence-corrected chi connectivity index (χ0v) is 14.4. The summed E-state index contributed by atoms with van der Waals surface area (Å²) in [5.41, 5.74) is 1.05. The van der Waals surface area contributed by atoms with Crippen LogP contribution in [0.3, 0.4) is 0 Å². The predicted octanol–water partition coefficient (Wildman–Crippen LogP) is 4.09. The van der Waals surface area contributed by atoms with Crippen molar-refractivity contribution in [2.24, 2.45) is 5.92 Å². The summed E-state index contributed by atoms with van der Waals surface area (Å²) in [6.07, 6.45) is 5.48. The van der Waals surface area contributed by atoms with Gasteiger partial charge in [-0.25, -0.2) is 0 Å². The predicted molar refractivity (Wildman–Crippen MR) is 94.5 cm³/mol. The first-order valence-corrected chi connectivity index (χ1v) is 8.44. The lowest BCUT2D eigenvalue weighted by molar-refractivity contribution is -0.120. The Labute approximate surface area is 140 Å². The first kappa shape index (κ1) is 17.1. The van der Waals surface area contributed by atoms with Gasteiger partial charge in [0, 0.05) is 5.92 Å². The van der Waals surface area contributed by atoms with E-state index in [0.717, 1.165) is 29.2 Å². The Bertz CT molecular complexity index is 661. The average molecular weight is 331 g/mol. The highest BCUT2D eigenvalue weighted by atomic mass is 32.1. The first-order chi connectivity index (χ1) is 11.2. The SMILES string of the molecule is CCC(CC)C(=O)Nc1nnc(C=Cc2ccc(OC)cc2)s1. The van der Waals surface area contributed by atoms with Crippen LogP contribution in [-0.4, -0.2) is 23.2 Å². The summed E-state index contributed by atoms with van der Waals surface area (Å²) < 4.78 is 5.13. The summed E-state index contributed by atoms with van der Waals surface area (Å²) in [6.45, 7) is 4.02. The lowest BCUT2D eigenvalue weighted by Gasteiger charge is -2.09. The second-order valence-corrected chi connectivity index (χ2v) is 6.06. The molecular weight excluding hydrogens is 310 g/mol. The quantitative estimate of drug-likeness (QED) is 0.830. The van der Waals surface area contributed by atoms with Crippen molar-refractivity contribution >= 4 is 34.5 Å². The molecule has 1 N–H and O–H groups in total. The normalized spacial score (nSPS) is 11.1. The molecule has 0 unspecified atom stereocenters. The van der Waals surface area contributed by atoms with Crippen molar-refractivity contribution in [3.05, 3.63) is 34.8 Å². The lowest BCUT2D eigenvalue weighted by Crippen LogP contribution is -2.21. The van der Waals surface area contributed by atoms with E-state index in [4.69, 9.17) is 4.74 Å². The fourth-order valence-corrected chi connectivity index (χ4v) is 2.75. The third-order valence-electron chi connectivity index (χ3n) is 3.56. The maximum Gasteiger partial charge on any atom is 0.229 e. The molecule has 0 aliphatic carbocycles. The molecule has 2 aromatic rings. The molecule has 0 spiro atoms. The van der Waals surface area contributed by atoms with Gasteiger partial charge in [-0.05, 0) is 36.6 Å². The molecule has 0 atom stereocenters. The molecule has 1 heterocycles. The zero-order valence-electron chi connectivity index (χ0n) is 13.6. The number of ether oxygens (including phenoxy) is 1. The van der Waals surface area contributed by atoms with Gasteiger partial charge in [-0.1, -0.05) is 43.4 Å². The molecule has 5 nitrogen and oxygen atoms in total. The number of methoxy groups -OCH3 is 1. The molecule has 0 aliphatic rings. The van der Waals surface area contributed by atoms with Gasteiger partial charge < -0.3 is 10.1 Å². The monoisotopic (exact) mass is 331 g/mol. The Kier molecular flexibility index (Phi) is 6.29. The van der Waals surface area contributed by atoms with Crippen molar-refractivity contribution in [2.45, 2.75) is 26.7 Å². The van der Waals surface area contributed by atoms with Crippen LogP contribution in [0.1, 0.15) is 37.3 Å². The van der Waals surface area contributed by atoms with E-state index < -0.39 is 0 Å². The van der Waals surface area contributed by atoms with Gasteiger partial charge in [0.05, 0.1) is 7.11 Å². The molecule has 1 aromatic heterocycles. The van der Waals surface area contributed by atoms with Crippen molar-refractivity contribution in [1.29, 1.82) is 0 Å². The summed E-state index contributed by atoms with van der Waals surface area (Å²) in [7, 11) is 1.64. The van der Waals surface area contributed by atoms with Crippen LogP contribution in [0.4, 0.5) is 5.13 Å². The number of hydrogen-bond donors (Lipinski definition) is 1. The number of carbonyl (C=O) groups excluding carboxylic acids is 1. The number of anilines is 1. The smallest absolute Gasteiger partial charge is 0.229 e. The van der Waals surface area contributed by atoms with Gasteiger partial charge in [0.25, 0.3) is 0 Å². The topological polar surface area (TPSA) is 64.1 Å². The van der Waals surface area contributed by atoms with E-state index in [1.54, 1.807) is 7.11 Å². The average Bonchev–Trinajstić information content (AvgIpc) is 3.02.